The third-order valence-corrected chi connectivity index (χ3v) is 6.42. The van der Waals surface area contributed by atoms with Crippen LogP contribution in [-0.4, -0.2) is 0 Å². The number of rotatable bonds is 1. The molecule has 2 aliphatic rings. The highest BCUT2D eigenvalue weighted by atomic mass is 15.0. The first-order valence-electron chi connectivity index (χ1n) is 9.83. The van der Waals surface area contributed by atoms with Crippen molar-refractivity contribution >= 4 is 27.2 Å². The topological polar surface area (TPSA) is 12.0 Å². The number of anilines is 1. The van der Waals surface area contributed by atoms with Gasteiger partial charge in [0.25, 0.3) is 0 Å². The Bertz CT molecular complexity index is 1200. The molecule has 1 heterocycles. The standard InChI is InChI=1S/C26H21N/c1-3-10-19-17(7-1)9-5-13-22(19)26-23-14-6-12-21(23)24-16-15-18-8-2-4-11-20(18)25(24)27-26/h1-13,15-16,21,23,26-27H,14H2. The molecule has 0 spiro atoms. The van der Waals surface area contributed by atoms with Crippen molar-refractivity contribution in [1.82, 2.24) is 0 Å². The van der Waals surface area contributed by atoms with Gasteiger partial charge in [0, 0.05) is 17.0 Å². The van der Waals surface area contributed by atoms with Crippen LogP contribution in [-0.2, 0) is 0 Å². The highest BCUT2D eigenvalue weighted by Crippen LogP contribution is 2.52. The lowest BCUT2D eigenvalue weighted by atomic mass is 9.75. The van der Waals surface area contributed by atoms with Gasteiger partial charge in [-0.3, -0.25) is 0 Å². The van der Waals surface area contributed by atoms with Crippen LogP contribution in [0.15, 0.2) is 91.0 Å². The van der Waals surface area contributed by atoms with E-state index in [1.165, 1.54) is 38.4 Å². The average molecular weight is 347 g/mol. The van der Waals surface area contributed by atoms with Crippen LogP contribution in [0, 0.1) is 5.92 Å². The molecule has 3 atom stereocenters. The highest BCUT2D eigenvalue weighted by molar-refractivity contribution is 5.97. The van der Waals surface area contributed by atoms with Gasteiger partial charge in [0.1, 0.15) is 0 Å². The van der Waals surface area contributed by atoms with E-state index in [2.05, 4.69) is 96.3 Å². The van der Waals surface area contributed by atoms with Crippen molar-refractivity contribution in [1.29, 1.82) is 0 Å². The lowest BCUT2D eigenvalue weighted by Gasteiger charge is -2.38. The predicted molar refractivity (Wildman–Crippen MR) is 114 cm³/mol. The second-order valence-electron chi connectivity index (χ2n) is 7.79. The maximum atomic E-state index is 3.98. The molecule has 0 bridgehead atoms. The summed E-state index contributed by atoms with van der Waals surface area (Å²) >= 11 is 0. The fraction of sp³-hybridized carbons (Fsp3) is 0.154. The predicted octanol–water partition coefficient (Wildman–Crippen LogP) is 6.82. The zero-order chi connectivity index (χ0) is 17.8. The Morgan fingerprint density at radius 2 is 1.41 bits per heavy atom. The van der Waals surface area contributed by atoms with Crippen LogP contribution in [0.2, 0.25) is 0 Å². The SMILES string of the molecule is C1=CC2c3ccc4ccccc4c3NC(c3cccc4ccccc34)C2C1. The second kappa shape index (κ2) is 5.72. The molecule has 1 aliphatic heterocycles. The molecule has 6 rings (SSSR count). The minimum atomic E-state index is 0.328. The molecular weight excluding hydrogens is 326 g/mol. The minimum absolute atomic E-state index is 0.328. The van der Waals surface area contributed by atoms with Crippen molar-refractivity contribution in [3.63, 3.8) is 0 Å². The lowest BCUT2D eigenvalue weighted by Crippen LogP contribution is -2.29. The van der Waals surface area contributed by atoms with Gasteiger partial charge in [-0.1, -0.05) is 91.0 Å². The molecule has 1 N–H and O–H groups in total. The fourth-order valence-corrected chi connectivity index (χ4v) is 5.17. The lowest BCUT2D eigenvalue weighted by molar-refractivity contribution is 0.428. The normalized spacial score (nSPS) is 23.2. The second-order valence-corrected chi connectivity index (χ2v) is 7.79. The largest absolute Gasteiger partial charge is 0.377 e. The van der Waals surface area contributed by atoms with Gasteiger partial charge in [-0.05, 0) is 39.6 Å². The molecular formula is C26H21N. The first kappa shape index (κ1) is 15.0. The Morgan fingerprint density at radius 1 is 0.667 bits per heavy atom. The smallest absolute Gasteiger partial charge is 0.0560 e. The average Bonchev–Trinajstić information content (AvgIpc) is 3.23. The number of hydrogen-bond acceptors (Lipinski definition) is 1. The quantitative estimate of drug-likeness (QED) is 0.373. The van der Waals surface area contributed by atoms with Crippen molar-refractivity contribution in [3.8, 4) is 0 Å². The molecule has 1 heteroatoms. The monoisotopic (exact) mass is 347 g/mol. The van der Waals surface area contributed by atoms with Crippen molar-refractivity contribution < 1.29 is 0 Å². The Hall–Kier alpha value is -3.06. The third kappa shape index (κ3) is 2.18. The molecule has 130 valence electrons. The molecule has 1 nitrogen and oxygen atoms in total. The summed E-state index contributed by atoms with van der Waals surface area (Å²) in [4.78, 5) is 0. The molecule has 0 fully saturated rings. The van der Waals surface area contributed by atoms with Gasteiger partial charge in [0.15, 0.2) is 0 Å². The maximum absolute atomic E-state index is 3.98. The first-order valence-corrected chi connectivity index (χ1v) is 9.83. The summed E-state index contributed by atoms with van der Waals surface area (Å²) in [6, 6.07) is 29.2. The van der Waals surface area contributed by atoms with Gasteiger partial charge in [0.05, 0.1) is 6.04 Å². The van der Waals surface area contributed by atoms with E-state index in [9.17, 15) is 0 Å². The number of hydrogen-bond donors (Lipinski definition) is 1. The molecule has 0 aromatic heterocycles. The van der Waals surface area contributed by atoms with Crippen molar-refractivity contribution in [3.05, 3.63) is 102 Å². The Labute approximate surface area is 159 Å². The van der Waals surface area contributed by atoms with E-state index in [0.29, 0.717) is 17.9 Å². The zero-order valence-corrected chi connectivity index (χ0v) is 15.1. The van der Waals surface area contributed by atoms with Crippen LogP contribution >= 0.6 is 0 Å². The summed E-state index contributed by atoms with van der Waals surface area (Å²) in [5.74, 6) is 1.07. The van der Waals surface area contributed by atoms with Crippen molar-refractivity contribution in [2.45, 2.75) is 18.4 Å². The number of fused-ring (bicyclic) bond motifs is 6. The Balaban J connectivity index is 1.59. The van der Waals surface area contributed by atoms with Crippen LogP contribution in [0.3, 0.4) is 0 Å². The van der Waals surface area contributed by atoms with Crippen LogP contribution in [0.25, 0.3) is 21.5 Å². The maximum Gasteiger partial charge on any atom is 0.0560 e. The Kier molecular flexibility index (Phi) is 3.19. The number of allylic oxidation sites excluding steroid dienone is 2. The van der Waals surface area contributed by atoms with Crippen LogP contribution in [0.1, 0.15) is 29.5 Å². The molecule has 0 saturated heterocycles. The van der Waals surface area contributed by atoms with E-state index < -0.39 is 0 Å². The van der Waals surface area contributed by atoms with Gasteiger partial charge in [-0.25, -0.2) is 0 Å². The summed E-state index contributed by atoms with van der Waals surface area (Å²) in [6.45, 7) is 0. The van der Waals surface area contributed by atoms with Crippen molar-refractivity contribution in [2.75, 3.05) is 5.32 Å². The van der Waals surface area contributed by atoms with E-state index >= 15 is 0 Å². The zero-order valence-electron chi connectivity index (χ0n) is 15.1. The summed E-state index contributed by atoms with van der Waals surface area (Å²) in [6.07, 6.45) is 5.94. The first-order chi connectivity index (χ1) is 13.4. The molecule has 3 unspecified atom stereocenters. The molecule has 4 aromatic carbocycles. The fourth-order valence-electron chi connectivity index (χ4n) is 5.17. The number of benzene rings is 4. The third-order valence-electron chi connectivity index (χ3n) is 6.42. The Morgan fingerprint density at radius 3 is 2.30 bits per heavy atom. The molecule has 0 radical (unpaired) electrons. The van der Waals surface area contributed by atoms with Crippen LogP contribution < -0.4 is 5.32 Å². The van der Waals surface area contributed by atoms with E-state index in [1.807, 2.05) is 0 Å². The van der Waals surface area contributed by atoms with E-state index in [1.54, 1.807) is 0 Å². The van der Waals surface area contributed by atoms with Crippen molar-refractivity contribution in [2.24, 2.45) is 5.92 Å². The van der Waals surface area contributed by atoms with Gasteiger partial charge < -0.3 is 5.32 Å². The molecule has 0 amide bonds. The molecule has 27 heavy (non-hydrogen) atoms. The summed E-state index contributed by atoms with van der Waals surface area (Å²) in [5.41, 5.74) is 4.19. The minimum Gasteiger partial charge on any atom is -0.377 e. The van der Waals surface area contributed by atoms with Gasteiger partial charge in [-0.2, -0.15) is 0 Å². The summed E-state index contributed by atoms with van der Waals surface area (Å²) < 4.78 is 0. The van der Waals surface area contributed by atoms with Gasteiger partial charge >= 0.3 is 0 Å². The van der Waals surface area contributed by atoms with Crippen LogP contribution in [0.4, 0.5) is 5.69 Å². The van der Waals surface area contributed by atoms with Gasteiger partial charge in [0.2, 0.25) is 0 Å². The number of nitrogens with one attached hydrogen (secondary N) is 1. The summed E-state index contributed by atoms with van der Waals surface area (Å²) in [7, 11) is 0. The van der Waals surface area contributed by atoms with E-state index in [4.69, 9.17) is 0 Å². The summed E-state index contributed by atoms with van der Waals surface area (Å²) in [5, 5.41) is 9.31. The molecule has 0 saturated carbocycles. The van der Waals surface area contributed by atoms with Gasteiger partial charge in [-0.15, -0.1) is 0 Å². The molecule has 4 aromatic rings. The highest BCUT2D eigenvalue weighted by Gasteiger charge is 2.38. The molecule has 1 aliphatic carbocycles. The van der Waals surface area contributed by atoms with E-state index in [-0.39, 0.29) is 0 Å². The van der Waals surface area contributed by atoms with Crippen LogP contribution in [0.5, 0.6) is 0 Å². The van der Waals surface area contributed by atoms with E-state index in [0.717, 1.165) is 6.42 Å².